The first-order chi connectivity index (χ1) is 40.0. The molecule has 8 rings (SSSR count). The Hall–Kier alpha value is -7.40. The van der Waals surface area contributed by atoms with Gasteiger partial charge in [0.15, 0.2) is 0 Å². The van der Waals surface area contributed by atoms with Crippen molar-refractivity contribution < 1.29 is 57.1 Å². The van der Waals surface area contributed by atoms with Crippen LogP contribution in [0.1, 0.15) is 35.1 Å². The number of nitrogens with zero attached hydrogens (tertiary/aromatic N) is 4. The maximum atomic E-state index is 13.7. The molecule has 0 atom stereocenters. The number of hydrogen-bond donors (Lipinski definition) is 4. The number of esters is 4. The minimum atomic E-state index is -1.25. The Morgan fingerprint density at radius 2 is 0.639 bits per heavy atom. The van der Waals surface area contributed by atoms with Gasteiger partial charge in [-0.25, -0.2) is 9.59 Å². The summed E-state index contributed by atoms with van der Waals surface area (Å²) in [5.74, 6) is -0.684. The van der Waals surface area contributed by atoms with Crippen LogP contribution in [-0.2, 0) is 63.8 Å². The quantitative estimate of drug-likeness (QED) is 0.0174. The lowest BCUT2D eigenvalue weighted by molar-refractivity contribution is -0.152. The number of aromatic nitrogens is 4. The molecular formula is C63H80N8O12. The number of benzene rings is 4. The molecular weight excluding hydrogens is 1060 g/mol. The molecule has 83 heavy (non-hydrogen) atoms. The van der Waals surface area contributed by atoms with Crippen LogP contribution in [-0.4, -0.2) is 199 Å². The molecule has 4 aromatic carbocycles. The first kappa shape index (κ1) is 61.7. The summed E-state index contributed by atoms with van der Waals surface area (Å²) < 4.78 is 48.9. The zero-order chi connectivity index (χ0) is 58.9. The van der Waals surface area contributed by atoms with Crippen LogP contribution in [0.4, 0.5) is 0 Å². The second-order valence-corrected chi connectivity index (χ2v) is 22.2. The Balaban J connectivity index is 0.993. The molecule has 4 aromatic heterocycles. The van der Waals surface area contributed by atoms with E-state index >= 15 is 0 Å². The van der Waals surface area contributed by atoms with Gasteiger partial charge in [0.25, 0.3) is 0 Å². The lowest BCUT2D eigenvalue weighted by Crippen LogP contribution is -2.43. The number of hydrogen-bond acceptors (Lipinski definition) is 16. The number of aromatic amines is 4. The van der Waals surface area contributed by atoms with Gasteiger partial charge in [0.2, 0.25) is 0 Å². The van der Waals surface area contributed by atoms with Crippen LogP contribution in [0.15, 0.2) is 97.6 Å². The van der Waals surface area contributed by atoms with Gasteiger partial charge in [0, 0.05) is 94.6 Å². The second-order valence-electron chi connectivity index (χ2n) is 22.2. The average Bonchev–Trinajstić information content (AvgIpc) is 4.05. The molecule has 0 bridgehead atoms. The number of likely N-dealkylation sites (N-methyl/N-ethyl adjacent to an activating group) is 4. The molecule has 4 N–H and O–H groups in total. The normalized spacial score (nSPS) is 12.1. The van der Waals surface area contributed by atoms with Crippen molar-refractivity contribution >= 4 is 67.5 Å². The molecule has 0 saturated carbocycles. The van der Waals surface area contributed by atoms with Crippen LogP contribution in [0.5, 0.6) is 23.0 Å². The molecule has 0 radical (unpaired) electrons. The third-order valence-electron chi connectivity index (χ3n) is 14.2. The van der Waals surface area contributed by atoms with Gasteiger partial charge in [-0.3, -0.25) is 9.59 Å². The molecule has 8 aromatic rings. The van der Waals surface area contributed by atoms with Crippen LogP contribution >= 0.6 is 0 Å². The van der Waals surface area contributed by atoms with Crippen molar-refractivity contribution in [1.29, 1.82) is 0 Å². The number of nitrogens with one attached hydrogen (secondary N) is 4. The molecule has 0 unspecified atom stereocenters. The van der Waals surface area contributed by atoms with Crippen LogP contribution in [0.3, 0.4) is 0 Å². The van der Waals surface area contributed by atoms with Crippen LogP contribution in [0.2, 0.25) is 0 Å². The molecule has 0 amide bonds. The number of ether oxygens (including phenoxy) is 8. The minimum absolute atomic E-state index is 0.0809. The van der Waals surface area contributed by atoms with E-state index in [2.05, 4.69) is 39.5 Å². The molecule has 0 aliphatic heterocycles. The van der Waals surface area contributed by atoms with Gasteiger partial charge in [-0.05, 0) is 153 Å². The minimum Gasteiger partial charge on any atom is -0.426 e. The van der Waals surface area contributed by atoms with E-state index in [1.807, 2.05) is 130 Å². The number of fused-ring (bicyclic) bond motifs is 4. The lowest BCUT2D eigenvalue weighted by atomic mass is 9.92. The Morgan fingerprint density at radius 3 is 0.916 bits per heavy atom. The van der Waals surface area contributed by atoms with E-state index in [4.69, 9.17) is 37.9 Å². The zero-order valence-electron chi connectivity index (χ0n) is 49.2. The maximum Gasteiger partial charge on any atom is 0.337 e. The third kappa shape index (κ3) is 17.3. The highest BCUT2D eigenvalue weighted by Gasteiger charge is 2.34. The first-order valence-electron chi connectivity index (χ1n) is 28.1. The largest absolute Gasteiger partial charge is 0.426 e. The van der Waals surface area contributed by atoms with Gasteiger partial charge in [-0.1, -0.05) is 24.3 Å². The fourth-order valence-corrected chi connectivity index (χ4v) is 9.88. The van der Waals surface area contributed by atoms with Crippen molar-refractivity contribution in [3.63, 3.8) is 0 Å². The molecule has 4 heterocycles. The third-order valence-corrected chi connectivity index (χ3v) is 14.2. The van der Waals surface area contributed by atoms with Gasteiger partial charge in [-0.2, -0.15) is 0 Å². The lowest BCUT2D eigenvalue weighted by Gasteiger charge is -2.32. The van der Waals surface area contributed by atoms with Crippen LogP contribution in [0, 0.1) is 5.41 Å². The van der Waals surface area contributed by atoms with Crippen molar-refractivity contribution in [3.05, 3.63) is 120 Å². The first-order valence-corrected chi connectivity index (χ1v) is 28.1. The van der Waals surface area contributed by atoms with E-state index in [0.29, 0.717) is 23.0 Å². The highest BCUT2D eigenvalue weighted by Crippen LogP contribution is 2.34. The van der Waals surface area contributed by atoms with E-state index < -0.39 is 42.5 Å². The number of rotatable bonds is 34. The van der Waals surface area contributed by atoms with Gasteiger partial charge < -0.3 is 77.4 Å². The molecule has 0 aliphatic carbocycles. The summed E-state index contributed by atoms with van der Waals surface area (Å²) in [4.78, 5) is 76.1. The SMILES string of the molecule is CN(C)CCc1c[nH]c2cccc(OC(=O)CCOCC(COCCC(=O)Oc3cccc4[nH]cc(CCN(C)C)c34)(COCC(=O)Oc3cccc4[nH]cc(CCN(C)C)c34)COCC(=O)Oc3cccc4[nH]cc(CCN(C)C)c34)c12. The highest BCUT2D eigenvalue weighted by molar-refractivity contribution is 5.94. The molecule has 20 nitrogen and oxygen atoms in total. The molecule has 0 spiro atoms. The van der Waals surface area contributed by atoms with E-state index in [1.54, 1.807) is 24.3 Å². The van der Waals surface area contributed by atoms with Crippen molar-refractivity contribution in [2.24, 2.45) is 5.41 Å². The van der Waals surface area contributed by atoms with E-state index in [0.717, 1.165) is 118 Å². The summed E-state index contributed by atoms with van der Waals surface area (Å²) in [6, 6.07) is 22.0. The Bertz CT molecular complexity index is 3200. The fourth-order valence-electron chi connectivity index (χ4n) is 9.88. The maximum absolute atomic E-state index is 13.7. The summed E-state index contributed by atoms with van der Waals surface area (Å²) in [7, 11) is 16.0. The summed E-state index contributed by atoms with van der Waals surface area (Å²) in [5, 5.41) is 3.28. The predicted molar refractivity (Wildman–Crippen MR) is 320 cm³/mol. The molecule has 444 valence electrons. The number of carbonyl (C=O) groups is 4. The van der Waals surface area contributed by atoms with Gasteiger partial charge in [0.05, 0.1) is 57.9 Å². The highest BCUT2D eigenvalue weighted by atomic mass is 16.6. The van der Waals surface area contributed by atoms with Crippen molar-refractivity contribution in [2.75, 3.05) is 135 Å². The van der Waals surface area contributed by atoms with E-state index in [1.165, 1.54) is 0 Å². The second kappa shape index (κ2) is 29.7. The zero-order valence-corrected chi connectivity index (χ0v) is 49.2. The van der Waals surface area contributed by atoms with Crippen LogP contribution < -0.4 is 18.9 Å². The number of carbonyl (C=O) groups excluding carboxylic acids is 4. The van der Waals surface area contributed by atoms with E-state index in [9.17, 15) is 19.2 Å². The van der Waals surface area contributed by atoms with Crippen molar-refractivity contribution in [3.8, 4) is 23.0 Å². The molecule has 0 saturated heterocycles. The van der Waals surface area contributed by atoms with Crippen molar-refractivity contribution in [2.45, 2.75) is 38.5 Å². The van der Waals surface area contributed by atoms with Gasteiger partial charge >= 0.3 is 23.9 Å². The summed E-state index contributed by atoms with van der Waals surface area (Å²) in [5.41, 5.74) is 6.17. The molecule has 0 aliphatic rings. The fraction of sp³-hybridized carbons (Fsp3) is 0.429. The van der Waals surface area contributed by atoms with Crippen molar-refractivity contribution in [1.82, 2.24) is 39.5 Å². The van der Waals surface area contributed by atoms with Crippen LogP contribution in [0.25, 0.3) is 43.6 Å². The Kier molecular flexibility index (Phi) is 22.1. The van der Waals surface area contributed by atoms with Gasteiger partial charge in [0.1, 0.15) is 36.2 Å². The summed E-state index contributed by atoms with van der Waals surface area (Å²) in [6.07, 6.45) is 10.4. The monoisotopic (exact) mass is 1140 g/mol. The van der Waals surface area contributed by atoms with Gasteiger partial charge in [-0.15, -0.1) is 0 Å². The smallest absolute Gasteiger partial charge is 0.337 e. The predicted octanol–water partition coefficient (Wildman–Crippen LogP) is 7.58. The Morgan fingerprint density at radius 1 is 0.373 bits per heavy atom. The topological polar surface area (TPSA) is 218 Å². The summed E-state index contributed by atoms with van der Waals surface area (Å²) >= 11 is 0. The standard InChI is InChI=1S/C63H80N8O12/c1-68(2)27-21-43-33-64-47-13-9-17-51(59(43)47)80-55(72)25-31-76-39-63(41-78-37-57(74)82-53-19-11-15-49-61(53)45(35-66-49)23-29-70(5)6,42-79-38-58(75)83-54-20-12-16-50-62(54)46(36-67-50)24-30-71(7)8)40-77-32-26-56(73)81-52-18-10-14-48-60(52)44(34-65-48)22-28-69(3)4/h9-20,33-36,64-67H,21-32,37-42H2,1-8H3. The van der Waals surface area contributed by atoms with E-state index in [-0.39, 0.29) is 52.5 Å². The number of H-pyrrole nitrogens is 4. The Labute approximate surface area is 484 Å². The summed E-state index contributed by atoms with van der Waals surface area (Å²) in [6.45, 7) is 1.39. The molecule has 0 fully saturated rings. The average molecular weight is 1140 g/mol. The molecule has 20 heteroatoms.